The van der Waals surface area contributed by atoms with Crippen LogP contribution in [-0.4, -0.2) is 43.8 Å². The summed E-state index contributed by atoms with van der Waals surface area (Å²) in [6.07, 6.45) is 3.04. The molecule has 1 N–H and O–H groups in total. The smallest absolute Gasteiger partial charge is 0.314 e. The van der Waals surface area contributed by atoms with Crippen LogP contribution in [0.25, 0.3) is 0 Å². The van der Waals surface area contributed by atoms with Crippen LogP contribution in [0.1, 0.15) is 38.5 Å². The summed E-state index contributed by atoms with van der Waals surface area (Å²) < 4.78 is 36.1. The van der Waals surface area contributed by atoms with E-state index in [0.29, 0.717) is 12.6 Å². The van der Waals surface area contributed by atoms with E-state index in [1.807, 2.05) is 0 Å². The molecule has 0 unspecified atom stereocenters. The quantitative estimate of drug-likeness (QED) is 0.731. The summed E-state index contributed by atoms with van der Waals surface area (Å²) in [6, 6.07) is 0.594. The molecule has 1 aliphatic carbocycles. The Hall–Kier alpha value is -0.290. The van der Waals surface area contributed by atoms with E-state index in [4.69, 9.17) is 0 Å². The first-order chi connectivity index (χ1) is 7.97. The van der Waals surface area contributed by atoms with E-state index in [0.717, 1.165) is 13.0 Å². The molecule has 1 rings (SSSR count). The molecule has 1 aliphatic rings. The van der Waals surface area contributed by atoms with Crippen LogP contribution in [-0.2, 0) is 0 Å². The van der Waals surface area contributed by atoms with Crippen LogP contribution in [0.4, 0.5) is 13.2 Å². The lowest BCUT2D eigenvalue weighted by Crippen LogP contribution is -2.35. The Morgan fingerprint density at radius 3 is 2.41 bits per heavy atom. The molecule has 0 saturated heterocycles. The Labute approximate surface area is 102 Å². The van der Waals surface area contributed by atoms with Crippen molar-refractivity contribution in [2.45, 2.75) is 50.7 Å². The highest BCUT2D eigenvalue weighted by atomic mass is 19.4. The van der Waals surface area contributed by atoms with Crippen LogP contribution in [0.5, 0.6) is 0 Å². The van der Waals surface area contributed by atoms with Gasteiger partial charge in [-0.15, -0.1) is 0 Å². The molecule has 0 amide bonds. The maximum atomic E-state index is 12.0. The van der Waals surface area contributed by atoms with E-state index in [-0.39, 0.29) is 0 Å². The van der Waals surface area contributed by atoms with Gasteiger partial charge in [0.25, 0.3) is 0 Å². The van der Waals surface area contributed by atoms with Gasteiger partial charge in [0.2, 0.25) is 0 Å². The molecule has 0 spiro atoms. The van der Waals surface area contributed by atoms with Gasteiger partial charge in [0.05, 0.1) is 6.54 Å². The van der Waals surface area contributed by atoms with Gasteiger partial charge in [-0.05, 0) is 39.4 Å². The van der Waals surface area contributed by atoms with Crippen LogP contribution in [0, 0.1) is 0 Å². The maximum Gasteiger partial charge on any atom is 0.401 e. The Morgan fingerprint density at radius 2 is 1.82 bits per heavy atom. The summed E-state index contributed by atoms with van der Waals surface area (Å²) in [6.45, 7) is 0.516. The van der Waals surface area contributed by atoms with Crippen LogP contribution < -0.4 is 5.32 Å². The minimum Gasteiger partial charge on any atom is -0.314 e. The molecular formula is C12H23F3N2. The van der Waals surface area contributed by atoms with Crippen molar-refractivity contribution >= 4 is 0 Å². The predicted octanol–water partition coefficient (Wildman–Crippen LogP) is 2.79. The molecule has 0 aromatic carbocycles. The third kappa shape index (κ3) is 7.60. The third-order valence-electron chi connectivity index (χ3n) is 3.20. The monoisotopic (exact) mass is 252 g/mol. The Morgan fingerprint density at radius 1 is 1.18 bits per heavy atom. The van der Waals surface area contributed by atoms with Crippen molar-refractivity contribution in [1.82, 2.24) is 10.2 Å². The SMILES string of the molecule is CN(CCCNC1CCCCC1)CC(F)(F)F. The zero-order valence-corrected chi connectivity index (χ0v) is 10.5. The van der Waals surface area contributed by atoms with E-state index >= 15 is 0 Å². The van der Waals surface area contributed by atoms with Crippen molar-refractivity contribution in [2.75, 3.05) is 26.7 Å². The van der Waals surface area contributed by atoms with Gasteiger partial charge >= 0.3 is 6.18 Å². The third-order valence-corrected chi connectivity index (χ3v) is 3.20. The van der Waals surface area contributed by atoms with Gasteiger partial charge in [-0.1, -0.05) is 19.3 Å². The normalized spacial score (nSPS) is 18.9. The Balaban J connectivity index is 1.99. The molecule has 0 bridgehead atoms. The van der Waals surface area contributed by atoms with Gasteiger partial charge in [0.15, 0.2) is 0 Å². The van der Waals surface area contributed by atoms with Gasteiger partial charge in [0.1, 0.15) is 0 Å². The largest absolute Gasteiger partial charge is 0.401 e. The average Bonchev–Trinajstić information content (AvgIpc) is 2.23. The van der Waals surface area contributed by atoms with Crippen molar-refractivity contribution in [2.24, 2.45) is 0 Å². The highest BCUT2D eigenvalue weighted by molar-refractivity contribution is 4.71. The van der Waals surface area contributed by atoms with Gasteiger partial charge in [-0.25, -0.2) is 0 Å². The Kier molecular flexibility index (Phi) is 6.27. The molecule has 5 heteroatoms. The first-order valence-electron chi connectivity index (χ1n) is 6.46. The average molecular weight is 252 g/mol. The Bertz CT molecular complexity index is 200. The van der Waals surface area contributed by atoms with Crippen LogP contribution in [0.15, 0.2) is 0 Å². The molecule has 0 heterocycles. The minimum absolute atomic E-state index is 0.499. The fraction of sp³-hybridized carbons (Fsp3) is 1.00. The summed E-state index contributed by atoms with van der Waals surface area (Å²) >= 11 is 0. The molecule has 102 valence electrons. The molecule has 0 aromatic rings. The molecular weight excluding hydrogens is 229 g/mol. The van der Waals surface area contributed by atoms with E-state index in [9.17, 15) is 13.2 Å². The van der Waals surface area contributed by atoms with Crippen LogP contribution in [0.2, 0.25) is 0 Å². The van der Waals surface area contributed by atoms with Crippen molar-refractivity contribution < 1.29 is 13.2 Å². The number of halogens is 3. The topological polar surface area (TPSA) is 15.3 Å². The molecule has 2 nitrogen and oxygen atoms in total. The van der Waals surface area contributed by atoms with Crippen molar-refractivity contribution in [3.05, 3.63) is 0 Å². The summed E-state index contributed by atoms with van der Waals surface area (Å²) in [7, 11) is 1.52. The number of rotatable bonds is 6. The highest BCUT2D eigenvalue weighted by Gasteiger charge is 2.28. The standard InChI is InChI=1S/C12H23F3N2/c1-17(10-12(13,14)15)9-5-8-16-11-6-3-2-4-7-11/h11,16H,2-10H2,1H3. The number of hydrogen-bond donors (Lipinski definition) is 1. The zero-order chi connectivity index (χ0) is 12.7. The molecule has 1 fully saturated rings. The molecule has 0 aromatic heterocycles. The molecule has 17 heavy (non-hydrogen) atoms. The molecule has 0 radical (unpaired) electrons. The van der Waals surface area contributed by atoms with Gasteiger partial charge < -0.3 is 5.32 Å². The second-order valence-electron chi connectivity index (χ2n) is 5.00. The summed E-state index contributed by atoms with van der Waals surface area (Å²) in [4.78, 5) is 1.34. The highest BCUT2D eigenvalue weighted by Crippen LogP contribution is 2.17. The number of nitrogens with zero attached hydrogens (tertiary/aromatic N) is 1. The van der Waals surface area contributed by atoms with Gasteiger partial charge in [0, 0.05) is 6.04 Å². The van der Waals surface area contributed by atoms with Crippen molar-refractivity contribution in [1.29, 1.82) is 0 Å². The fourth-order valence-corrected chi connectivity index (χ4v) is 2.35. The van der Waals surface area contributed by atoms with Gasteiger partial charge in [-0.3, -0.25) is 4.90 Å². The minimum atomic E-state index is -4.08. The summed E-state index contributed by atoms with van der Waals surface area (Å²) in [5.41, 5.74) is 0. The van der Waals surface area contributed by atoms with Crippen LogP contribution >= 0.6 is 0 Å². The van der Waals surface area contributed by atoms with Crippen molar-refractivity contribution in [3.63, 3.8) is 0 Å². The lowest BCUT2D eigenvalue weighted by Gasteiger charge is -2.23. The molecule has 0 aliphatic heterocycles. The first-order valence-corrected chi connectivity index (χ1v) is 6.46. The number of hydrogen-bond acceptors (Lipinski definition) is 2. The first kappa shape index (κ1) is 14.8. The zero-order valence-electron chi connectivity index (χ0n) is 10.5. The summed E-state index contributed by atoms with van der Waals surface area (Å²) in [5.74, 6) is 0. The molecule has 0 atom stereocenters. The van der Waals surface area contributed by atoms with E-state index < -0.39 is 12.7 Å². The summed E-state index contributed by atoms with van der Waals surface area (Å²) in [5, 5.41) is 3.43. The molecule has 1 saturated carbocycles. The lowest BCUT2D eigenvalue weighted by molar-refractivity contribution is -0.143. The van der Waals surface area contributed by atoms with Crippen LogP contribution in [0.3, 0.4) is 0 Å². The maximum absolute atomic E-state index is 12.0. The second-order valence-corrected chi connectivity index (χ2v) is 5.00. The number of alkyl halides is 3. The second kappa shape index (κ2) is 7.21. The number of nitrogens with one attached hydrogen (secondary N) is 1. The predicted molar refractivity (Wildman–Crippen MR) is 63.0 cm³/mol. The van der Waals surface area contributed by atoms with Gasteiger partial charge in [-0.2, -0.15) is 13.2 Å². The fourth-order valence-electron chi connectivity index (χ4n) is 2.35. The van der Waals surface area contributed by atoms with Crippen molar-refractivity contribution in [3.8, 4) is 0 Å². The van der Waals surface area contributed by atoms with E-state index in [1.54, 1.807) is 0 Å². The lowest BCUT2D eigenvalue weighted by atomic mass is 9.95. The van der Waals surface area contributed by atoms with E-state index in [1.165, 1.54) is 44.1 Å². The van der Waals surface area contributed by atoms with E-state index in [2.05, 4.69) is 5.32 Å².